The highest BCUT2D eigenvalue weighted by Gasteiger charge is 2.27. The minimum Gasteiger partial charge on any atom is -0.340 e. The molecule has 3 heterocycles. The first kappa shape index (κ1) is 19.1. The first-order valence-corrected chi connectivity index (χ1v) is 10.4. The van der Waals surface area contributed by atoms with Gasteiger partial charge in [0.1, 0.15) is 0 Å². The number of benzene rings is 1. The Labute approximate surface area is 168 Å². The maximum atomic E-state index is 12.9. The van der Waals surface area contributed by atoms with Gasteiger partial charge in [0.2, 0.25) is 5.91 Å². The van der Waals surface area contributed by atoms with Crippen LogP contribution >= 0.6 is 0 Å². The summed E-state index contributed by atoms with van der Waals surface area (Å²) in [5.74, 6) is 0.855. The average molecular weight is 379 g/mol. The largest absolute Gasteiger partial charge is 0.340 e. The van der Waals surface area contributed by atoms with Crippen LogP contribution in [0, 0.1) is 0 Å². The molecule has 2 aliphatic heterocycles. The first-order valence-electron chi connectivity index (χ1n) is 10.4. The Morgan fingerprint density at radius 3 is 2.57 bits per heavy atom. The van der Waals surface area contributed by atoms with E-state index in [9.17, 15) is 4.79 Å². The van der Waals surface area contributed by atoms with Crippen LogP contribution in [0.25, 0.3) is 0 Å². The Morgan fingerprint density at radius 1 is 0.929 bits per heavy atom. The molecule has 0 saturated carbocycles. The highest BCUT2D eigenvalue weighted by Crippen LogP contribution is 2.26. The Hall–Kier alpha value is -2.24. The molecule has 2 aliphatic rings. The van der Waals surface area contributed by atoms with Gasteiger partial charge in [0.05, 0.1) is 6.54 Å². The monoisotopic (exact) mass is 378 g/mol. The third kappa shape index (κ3) is 4.97. The number of aromatic nitrogens is 1. The number of amides is 1. The Balaban J connectivity index is 1.25. The second-order valence-electron chi connectivity index (χ2n) is 8.00. The summed E-state index contributed by atoms with van der Waals surface area (Å²) in [6.45, 7) is 7.22. The molecule has 4 rings (SSSR count). The van der Waals surface area contributed by atoms with Crippen molar-refractivity contribution in [2.75, 3.05) is 45.8 Å². The quantitative estimate of drug-likeness (QED) is 0.802. The van der Waals surface area contributed by atoms with Gasteiger partial charge in [0.25, 0.3) is 0 Å². The average Bonchev–Trinajstić information content (AvgIpc) is 3.07. The predicted molar refractivity (Wildman–Crippen MR) is 111 cm³/mol. The van der Waals surface area contributed by atoms with Gasteiger partial charge in [0, 0.05) is 51.7 Å². The second-order valence-corrected chi connectivity index (χ2v) is 8.00. The lowest BCUT2D eigenvalue weighted by Crippen LogP contribution is -2.41. The van der Waals surface area contributed by atoms with Crippen molar-refractivity contribution in [2.45, 2.75) is 25.3 Å². The van der Waals surface area contributed by atoms with Crippen molar-refractivity contribution in [3.8, 4) is 0 Å². The van der Waals surface area contributed by atoms with Crippen molar-refractivity contribution in [3.05, 3.63) is 66.0 Å². The number of carbonyl (C=O) groups is 1. The zero-order valence-corrected chi connectivity index (χ0v) is 16.5. The zero-order valence-electron chi connectivity index (χ0n) is 16.5. The van der Waals surface area contributed by atoms with Crippen LogP contribution in [0.4, 0.5) is 0 Å². The zero-order chi connectivity index (χ0) is 19.2. The summed E-state index contributed by atoms with van der Waals surface area (Å²) in [4.78, 5) is 23.8. The van der Waals surface area contributed by atoms with Gasteiger partial charge < -0.3 is 4.90 Å². The van der Waals surface area contributed by atoms with E-state index in [1.165, 1.54) is 11.1 Å². The molecule has 0 unspecified atom stereocenters. The van der Waals surface area contributed by atoms with E-state index < -0.39 is 0 Å². The van der Waals surface area contributed by atoms with Crippen LogP contribution in [0.15, 0.2) is 54.9 Å². The maximum Gasteiger partial charge on any atom is 0.236 e. The van der Waals surface area contributed by atoms with E-state index in [2.05, 4.69) is 62.1 Å². The third-order valence-electron chi connectivity index (χ3n) is 6.00. The van der Waals surface area contributed by atoms with Crippen molar-refractivity contribution >= 4 is 5.91 Å². The minimum atomic E-state index is 0.291. The fourth-order valence-electron chi connectivity index (χ4n) is 4.39. The molecule has 0 spiro atoms. The van der Waals surface area contributed by atoms with Gasteiger partial charge in [-0.05, 0) is 48.6 Å². The molecular formula is C23H30N4O. The highest BCUT2D eigenvalue weighted by molar-refractivity contribution is 5.78. The highest BCUT2D eigenvalue weighted by atomic mass is 16.2. The molecular weight excluding hydrogens is 348 g/mol. The van der Waals surface area contributed by atoms with Gasteiger partial charge in [-0.25, -0.2) is 0 Å². The van der Waals surface area contributed by atoms with Crippen molar-refractivity contribution in [2.24, 2.45) is 0 Å². The summed E-state index contributed by atoms with van der Waals surface area (Å²) in [7, 11) is 0. The summed E-state index contributed by atoms with van der Waals surface area (Å²) < 4.78 is 0. The second kappa shape index (κ2) is 9.30. The van der Waals surface area contributed by atoms with Crippen LogP contribution < -0.4 is 0 Å². The third-order valence-corrected chi connectivity index (χ3v) is 6.00. The topological polar surface area (TPSA) is 39.7 Å². The summed E-state index contributed by atoms with van der Waals surface area (Å²) in [5.41, 5.74) is 2.69. The van der Waals surface area contributed by atoms with E-state index in [-0.39, 0.29) is 0 Å². The SMILES string of the molecule is O=C(CN1CC[C@H](c2ccccc2)C1)N1CCCN(Cc2ccncc2)CC1. The van der Waals surface area contributed by atoms with Crippen molar-refractivity contribution in [1.29, 1.82) is 0 Å². The molecule has 2 aromatic rings. The van der Waals surface area contributed by atoms with Crippen molar-refractivity contribution in [3.63, 3.8) is 0 Å². The molecule has 5 heteroatoms. The van der Waals surface area contributed by atoms with Crippen LogP contribution in [-0.4, -0.2) is 71.4 Å². The lowest BCUT2D eigenvalue weighted by atomic mass is 9.99. The molecule has 1 aromatic heterocycles. The van der Waals surface area contributed by atoms with Crippen LogP contribution in [-0.2, 0) is 11.3 Å². The van der Waals surface area contributed by atoms with E-state index in [0.29, 0.717) is 18.4 Å². The number of carbonyl (C=O) groups excluding carboxylic acids is 1. The number of hydrogen-bond acceptors (Lipinski definition) is 4. The van der Waals surface area contributed by atoms with E-state index in [1.54, 1.807) is 0 Å². The molecule has 0 N–H and O–H groups in total. The summed E-state index contributed by atoms with van der Waals surface area (Å²) in [6, 6.07) is 14.9. The summed E-state index contributed by atoms with van der Waals surface area (Å²) in [5, 5.41) is 0. The Bertz CT molecular complexity index is 752. The van der Waals surface area contributed by atoms with Gasteiger partial charge in [-0.15, -0.1) is 0 Å². The fourth-order valence-corrected chi connectivity index (χ4v) is 4.39. The maximum absolute atomic E-state index is 12.9. The number of pyridine rings is 1. The predicted octanol–water partition coefficient (Wildman–Crippen LogP) is 2.61. The molecule has 1 aromatic carbocycles. The van der Waals surface area contributed by atoms with Crippen LogP contribution in [0.2, 0.25) is 0 Å². The molecule has 1 atom stereocenters. The lowest BCUT2D eigenvalue weighted by Gasteiger charge is -2.24. The van der Waals surface area contributed by atoms with Crippen LogP contribution in [0.1, 0.15) is 29.9 Å². The number of nitrogens with zero attached hydrogens (tertiary/aromatic N) is 4. The number of rotatable bonds is 5. The molecule has 5 nitrogen and oxygen atoms in total. The molecule has 0 radical (unpaired) electrons. The Morgan fingerprint density at radius 2 is 1.75 bits per heavy atom. The molecule has 1 amide bonds. The lowest BCUT2D eigenvalue weighted by molar-refractivity contribution is -0.132. The van der Waals surface area contributed by atoms with Gasteiger partial charge in [-0.1, -0.05) is 30.3 Å². The Kier molecular flexibility index (Phi) is 6.34. The molecule has 28 heavy (non-hydrogen) atoms. The molecule has 0 aliphatic carbocycles. The smallest absolute Gasteiger partial charge is 0.236 e. The van der Waals surface area contributed by atoms with Crippen molar-refractivity contribution < 1.29 is 4.79 Å². The van der Waals surface area contributed by atoms with E-state index >= 15 is 0 Å². The van der Waals surface area contributed by atoms with Crippen LogP contribution in [0.5, 0.6) is 0 Å². The first-order chi connectivity index (χ1) is 13.8. The van der Waals surface area contributed by atoms with Gasteiger partial charge >= 0.3 is 0 Å². The van der Waals surface area contributed by atoms with E-state index in [4.69, 9.17) is 0 Å². The normalized spacial score (nSPS) is 21.6. The van der Waals surface area contributed by atoms with Gasteiger partial charge in [-0.2, -0.15) is 0 Å². The summed E-state index contributed by atoms with van der Waals surface area (Å²) in [6.07, 6.45) is 5.89. The molecule has 2 fully saturated rings. The van der Waals surface area contributed by atoms with Gasteiger partial charge in [0.15, 0.2) is 0 Å². The summed E-state index contributed by atoms with van der Waals surface area (Å²) >= 11 is 0. The standard InChI is InChI=1S/C23H30N4O/c28-23(19-26-14-9-22(18-26)21-5-2-1-3-6-21)27-13-4-12-25(15-16-27)17-20-7-10-24-11-8-20/h1-3,5-8,10-11,22H,4,9,12-19H2/t22-/m0/s1. The van der Waals surface area contributed by atoms with Gasteiger partial charge in [-0.3, -0.25) is 19.6 Å². The minimum absolute atomic E-state index is 0.291. The van der Waals surface area contributed by atoms with Crippen molar-refractivity contribution in [1.82, 2.24) is 19.7 Å². The van der Waals surface area contributed by atoms with E-state index in [0.717, 1.165) is 58.7 Å². The molecule has 148 valence electrons. The van der Waals surface area contributed by atoms with E-state index in [1.807, 2.05) is 12.4 Å². The molecule has 2 saturated heterocycles. The molecule has 0 bridgehead atoms. The number of likely N-dealkylation sites (tertiary alicyclic amines) is 1. The fraction of sp³-hybridized carbons (Fsp3) is 0.478. The number of hydrogen-bond donors (Lipinski definition) is 0. The van der Waals surface area contributed by atoms with Crippen LogP contribution in [0.3, 0.4) is 0 Å².